The number of hydrogen-bond donors (Lipinski definition) is 2. The Labute approximate surface area is 149 Å². The van der Waals surface area contributed by atoms with Gasteiger partial charge >= 0.3 is 0 Å². The van der Waals surface area contributed by atoms with Crippen LogP contribution in [0, 0.1) is 11.7 Å². The Hall–Kier alpha value is -0.890. The minimum absolute atomic E-state index is 0. The molecule has 0 heterocycles. The van der Waals surface area contributed by atoms with Gasteiger partial charge in [-0.15, -0.1) is 24.0 Å². The van der Waals surface area contributed by atoms with Crippen LogP contribution in [0.25, 0.3) is 0 Å². The number of hydrogen-bond acceptors (Lipinski definition) is 2. The fourth-order valence-corrected chi connectivity index (χ4v) is 1.74. The topological polar surface area (TPSA) is 45.7 Å². The van der Waals surface area contributed by atoms with Gasteiger partial charge in [0.15, 0.2) is 5.96 Å². The Kier molecular flexibility index (Phi) is 12.1. The second-order valence-corrected chi connectivity index (χ2v) is 5.27. The molecule has 0 saturated heterocycles. The van der Waals surface area contributed by atoms with Gasteiger partial charge < -0.3 is 15.4 Å². The lowest BCUT2D eigenvalue weighted by Gasteiger charge is -2.12. The van der Waals surface area contributed by atoms with Crippen LogP contribution in [0.15, 0.2) is 29.3 Å². The standard InChI is InChI=1S/C16H26FN3O.HI/c1-13(2)12-21-10-6-9-19-16(18-3)20-11-14-7-4-5-8-15(14)17;/h4-5,7-8,13H,6,9-12H2,1-3H3,(H2,18,19,20);1H. The first-order valence-electron chi connectivity index (χ1n) is 7.39. The van der Waals surface area contributed by atoms with E-state index in [0.717, 1.165) is 26.2 Å². The molecule has 0 aromatic heterocycles. The van der Waals surface area contributed by atoms with Gasteiger partial charge in [0.1, 0.15) is 5.82 Å². The van der Waals surface area contributed by atoms with E-state index in [9.17, 15) is 4.39 Å². The van der Waals surface area contributed by atoms with Crippen molar-refractivity contribution < 1.29 is 9.13 Å². The number of guanidine groups is 1. The highest BCUT2D eigenvalue weighted by Gasteiger charge is 2.02. The van der Waals surface area contributed by atoms with E-state index in [-0.39, 0.29) is 29.8 Å². The molecule has 22 heavy (non-hydrogen) atoms. The van der Waals surface area contributed by atoms with Gasteiger partial charge in [0.25, 0.3) is 0 Å². The molecular weight excluding hydrogens is 396 g/mol. The average molecular weight is 423 g/mol. The number of nitrogens with zero attached hydrogens (tertiary/aromatic N) is 1. The summed E-state index contributed by atoms with van der Waals surface area (Å²) in [6.45, 7) is 6.97. The molecule has 0 amide bonds. The van der Waals surface area contributed by atoms with Crippen molar-refractivity contribution in [1.29, 1.82) is 0 Å². The number of rotatable bonds is 8. The van der Waals surface area contributed by atoms with Gasteiger partial charge in [0, 0.05) is 38.9 Å². The van der Waals surface area contributed by atoms with Crippen LogP contribution in [0.3, 0.4) is 0 Å². The van der Waals surface area contributed by atoms with Gasteiger partial charge in [-0.1, -0.05) is 32.0 Å². The quantitative estimate of drug-likeness (QED) is 0.292. The van der Waals surface area contributed by atoms with Crippen molar-refractivity contribution >= 4 is 29.9 Å². The van der Waals surface area contributed by atoms with E-state index in [0.29, 0.717) is 24.0 Å². The zero-order chi connectivity index (χ0) is 15.5. The number of benzene rings is 1. The smallest absolute Gasteiger partial charge is 0.191 e. The molecule has 126 valence electrons. The summed E-state index contributed by atoms with van der Waals surface area (Å²) in [6, 6.07) is 6.72. The van der Waals surface area contributed by atoms with Crippen LogP contribution in [-0.4, -0.2) is 32.8 Å². The van der Waals surface area contributed by atoms with Crippen LogP contribution in [0.1, 0.15) is 25.8 Å². The predicted octanol–water partition coefficient (Wildman–Crippen LogP) is 3.17. The fraction of sp³-hybridized carbons (Fsp3) is 0.562. The number of ether oxygens (including phenoxy) is 1. The van der Waals surface area contributed by atoms with E-state index in [1.54, 1.807) is 19.2 Å². The fourth-order valence-electron chi connectivity index (χ4n) is 1.74. The number of aliphatic imine (C=N–C) groups is 1. The number of nitrogens with one attached hydrogen (secondary N) is 2. The van der Waals surface area contributed by atoms with Gasteiger partial charge in [-0.3, -0.25) is 4.99 Å². The third kappa shape index (κ3) is 9.19. The van der Waals surface area contributed by atoms with Crippen molar-refractivity contribution in [2.24, 2.45) is 10.9 Å². The van der Waals surface area contributed by atoms with E-state index in [4.69, 9.17) is 4.74 Å². The lowest BCUT2D eigenvalue weighted by atomic mass is 10.2. The Morgan fingerprint density at radius 2 is 2.00 bits per heavy atom. The molecule has 0 aliphatic carbocycles. The minimum atomic E-state index is -0.206. The maximum Gasteiger partial charge on any atom is 0.191 e. The summed E-state index contributed by atoms with van der Waals surface area (Å²) in [6.07, 6.45) is 0.910. The number of halogens is 2. The van der Waals surface area contributed by atoms with E-state index in [2.05, 4.69) is 29.5 Å². The lowest BCUT2D eigenvalue weighted by molar-refractivity contribution is 0.108. The Bertz CT molecular complexity index is 441. The summed E-state index contributed by atoms with van der Waals surface area (Å²) in [5.41, 5.74) is 0.626. The molecule has 1 aromatic carbocycles. The zero-order valence-corrected chi connectivity index (χ0v) is 15.9. The molecule has 1 rings (SSSR count). The maximum absolute atomic E-state index is 13.5. The summed E-state index contributed by atoms with van der Waals surface area (Å²) < 4.78 is 19.0. The second kappa shape index (κ2) is 12.6. The molecule has 0 spiro atoms. The van der Waals surface area contributed by atoms with Crippen molar-refractivity contribution in [1.82, 2.24) is 10.6 Å². The van der Waals surface area contributed by atoms with Crippen LogP contribution in [-0.2, 0) is 11.3 Å². The third-order valence-corrected chi connectivity index (χ3v) is 2.84. The minimum Gasteiger partial charge on any atom is -0.381 e. The highest BCUT2D eigenvalue weighted by atomic mass is 127. The summed E-state index contributed by atoms with van der Waals surface area (Å²) in [4.78, 5) is 4.11. The van der Waals surface area contributed by atoms with Crippen LogP contribution in [0.5, 0.6) is 0 Å². The SMILES string of the molecule is CN=C(NCCCOCC(C)C)NCc1ccccc1F.I. The van der Waals surface area contributed by atoms with Gasteiger partial charge in [-0.25, -0.2) is 4.39 Å². The molecule has 4 nitrogen and oxygen atoms in total. The summed E-state index contributed by atoms with van der Waals surface area (Å²) >= 11 is 0. The molecule has 6 heteroatoms. The molecule has 0 radical (unpaired) electrons. The van der Waals surface area contributed by atoms with Crippen molar-refractivity contribution in [3.8, 4) is 0 Å². The first-order valence-corrected chi connectivity index (χ1v) is 7.39. The van der Waals surface area contributed by atoms with Gasteiger partial charge in [-0.2, -0.15) is 0 Å². The molecule has 0 aliphatic heterocycles. The highest BCUT2D eigenvalue weighted by molar-refractivity contribution is 14.0. The molecular formula is C16H27FIN3O. The molecule has 0 fully saturated rings. The van der Waals surface area contributed by atoms with Crippen molar-refractivity contribution in [2.75, 3.05) is 26.8 Å². The molecule has 0 saturated carbocycles. The second-order valence-electron chi connectivity index (χ2n) is 5.27. The van der Waals surface area contributed by atoms with Crippen molar-refractivity contribution in [2.45, 2.75) is 26.8 Å². The van der Waals surface area contributed by atoms with Crippen molar-refractivity contribution in [3.63, 3.8) is 0 Å². The first-order chi connectivity index (χ1) is 10.1. The molecule has 1 aromatic rings. The summed E-state index contributed by atoms with van der Waals surface area (Å²) in [5, 5.41) is 6.28. The molecule has 2 N–H and O–H groups in total. The first kappa shape index (κ1) is 21.1. The van der Waals surface area contributed by atoms with Crippen molar-refractivity contribution in [3.05, 3.63) is 35.6 Å². The zero-order valence-electron chi connectivity index (χ0n) is 13.6. The normalized spacial score (nSPS) is 11.2. The summed E-state index contributed by atoms with van der Waals surface area (Å²) in [7, 11) is 1.70. The molecule has 0 bridgehead atoms. The predicted molar refractivity (Wildman–Crippen MR) is 100 cm³/mol. The van der Waals surface area contributed by atoms with Gasteiger partial charge in [0.2, 0.25) is 0 Å². The maximum atomic E-state index is 13.5. The summed E-state index contributed by atoms with van der Waals surface area (Å²) in [5.74, 6) is 1.03. The van der Waals surface area contributed by atoms with E-state index in [1.807, 2.05) is 6.07 Å². The van der Waals surface area contributed by atoms with E-state index < -0.39 is 0 Å². The lowest BCUT2D eigenvalue weighted by Crippen LogP contribution is -2.37. The average Bonchev–Trinajstić information content (AvgIpc) is 2.47. The Morgan fingerprint density at radius 1 is 1.27 bits per heavy atom. The van der Waals surface area contributed by atoms with Crippen LogP contribution in [0.4, 0.5) is 4.39 Å². The van der Waals surface area contributed by atoms with Crippen LogP contribution >= 0.6 is 24.0 Å². The monoisotopic (exact) mass is 423 g/mol. The Balaban J connectivity index is 0.00000441. The van der Waals surface area contributed by atoms with Gasteiger partial charge in [0.05, 0.1) is 0 Å². The molecule has 0 atom stereocenters. The molecule has 0 aliphatic rings. The third-order valence-electron chi connectivity index (χ3n) is 2.84. The van der Waals surface area contributed by atoms with Crippen LogP contribution in [0.2, 0.25) is 0 Å². The van der Waals surface area contributed by atoms with E-state index in [1.165, 1.54) is 6.07 Å². The largest absolute Gasteiger partial charge is 0.381 e. The molecule has 0 unspecified atom stereocenters. The van der Waals surface area contributed by atoms with Gasteiger partial charge in [-0.05, 0) is 18.4 Å². The van der Waals surface area contributed by atoms with E-state index >= 15 is 0 Å². The highest BCUT2D eigenvalue weighted by Crippen LogP contribution is 2.05. The van der Waals surface area contributed by atoms with Crippen LogP contribution < -0.4 is 10.6 Å². The Morgan fingerprint density at radius 3 is 2.64 bits per heavy atom.